The number of carbonyl (C=O) groups excluding carboxylic acids is 1. The minimum absolute atomic E-state index is 0.222. The SMILES string of the molecule is CC(C)(C)c1cc(CC(CCS)(CCS)C(=O)OS)cc(C(C)(C)C)c1O. The Kier molecular flexibility index (Phi) is 8.52. The first-order chi connectivity index (χ1) is 12.3. The first-order valence-corrected chi connectivity index (χ1v) is 10.9. The molecule has 1 N–H and O–H groups in total. The van der Waals surface area contributed by atoms with Crippen LogP contribution in [0, 0.1) is 5.41 Å². The molecule has 0 spiro atoms. The Hall–Kier alpha value is -0.460. The van der Waals surface area contributed by atoms with Crippen LogP contribution in [0.3, 0.4) is 0 Å². The maximum atomic E-state index is 12.6. The highest BCUT2D eigenvalue weighted by Crippen LogP contribution is 2.42. The molecule has 0 unspecified atom stereocenters. The van der Waals surface area contributed by atoms with Gasteiger partial charge in [-0.1, -0.05) is 53.7 Å². The van der Waals surface area contributed by atoms with Crippen molar-refractivity contribution in [2.75, 3.05) is 11.5 Å². The minimum Gasteiger partial charge on any atom is -0.507 e. The molecule has 1 rings (SSSR count). The van der Waals surface area contributed by atoms with Crippen LogP contribution >= 0.6 is 38.2 Å². The summed E-state index contributed by atoms with van der Waals surface area (Å²) < 4.78 is 4.85. The summed E-state index contributed by atoms with van der Waals surface area (Å²) in [5.41, 5.74) is 1.60. The second-order valence-corrected chi connectivity index (χ2v) is 10.4. The van der Waals surface area contributed by atoms with E-state index in [0.29, 0.717) is 36.5 Å². The van der Waals surface area contributed by atoms with E-state index in [-0.39, 0.29) is 16.8 Å². The van der Waals surface area contributed by atoms with Crippen molar-refractivity contribution in [3.05, 3.63) is 28.8 Å². The molecule has 1 aromatic rings. The lowest BCUT2D eigenvalue weighted by Crippen LogP contribution is -2.35. The molecular weight excluding hydrogens is 396 g/mol. The number of phenolic OH excluding ortho intramolecular Hbond substituents is 1. The number of rotatable bonds is 7. The van der Waals surface area contributed by atoms with Gasteiger partial charge in [0.15, 0.2) is 0 Å². The van der Waals surface area contributed by atoms with E-state index in [0.717, 1.165) is 16.7 Å². The zero-order chi connectivity index (χ0) is 21.0. The zero-order valence-electron chi connectivity index (χ0n) is 17.3. The number of thiol groups is 3. The van der Waals surface area contributed by atoms with Crippen LogP contribution in [-0.4, -0.2) is 22.6 Å². The normalized spacial score (nSPS) is 12.9. The molecule has 6 heteroatoms. The Labute approximate surface area is 181 Å². The Morgan fingerprint density at radius 1 is 0.963 bits per heavy atom. The third kappa shape index (κ3) is 6.01. The highest BCUT2D eigenvalue weighted by Gasteiger charge is 2.39. The van der Waals surface area contributed by atoms with Gasteiger partial charge in [0, 0.05) is 12.9 Å². The molecule has 0 saturated heterocycles. The van der Waals surface area contributed by atoms with E-state index < -0.39 is 5.41 Å². The molecule has 0 heterocycles. The number of hydrogen-bond donors (Lipinski definition) is 4. The largest absolute Gasteiger partial charge is 0.507 e. The highest BCUT2D eigenvalue weighted by atomic mass is 32.1. The predicted molar refractivity (Wildman–Crippen MR) is 124 cm³/mol. The predicted octanol–water partition coefficient (Wildman–Crippen LogP) is 5.54. The van der Waals surface area contributed by atoms with Gasteiger partial charge in [0.1, 0.15) is 5.75 Å². The van der Waals surface area contributed by atoms with E-state index in [1.807, 2.05) is 12.1 Å². The number of hydrogen-bond acceptors (Lipinski definition) is 6. The van der Waals surface area contributed by atoms with Crippen LogP contribution in [-0.2, 0) is 26.2 Å². The van der Waals surface area contributed by atoms with Gasteiger partial charge < -0.3 is 9.29 Å². The summed E-state index contributed by atoms with van der Waals surface area (Å²) in [5.74, 6) is 1.11. The maximum absolute atomic E-state index is 12.6. The molecule has 0 atom stereocenters. The summed E-state index contributed by atoms with van der Waals surface area (Å²) in [4.78, 5) is 12.6. The van der Waals surface area contributed by atoms with Crippen molar-refractivity contribution >= 4 is 44.1 Å². The fourth-order valence-electron chi connectivity index (χ4n) is 3.43. The number of phenols is 1. The van der Waals surface area contributed by atoms with Gasteiger partial charge in [0.05, 0.1) is 5.41 Å². The molecule has 0 aliphatic carbocycles. The van der Waals surface area contributed by atoms with Gasteiger partial charge >= 0.3 is 5.97 Å². The summed E-state index contributed by atoms with van der Waals surface area (Å²) in [5, 5.41) is 10.9. The summed E-state index contributed by atoms with van der Waals surface area (Å²) in [6, 6.07) is 4.03. The monoisotopic (exact) mass is 430 g/mol. The Balaban J connectivity index is 3.61. The molecule has 0 radical (unpaired) electrons. The van der Waals surface area contributed by atoms with E-state index in [1.165, 1.54) is 0 Å². The molecule has 0 bridgehead atoms. The zero-order valence-corrected chi connectivity index (χ0v) is 20.0. The van der Waals surface area contributed by atoms with E-state index in [1.54, 1.807) is 0 Å². The average Bonchev–Trinajstić information content (AvgIpc) is 2.53. The first-order valence-electron chi connectivity index (χ1n) is 9.27. The van der Waals surface area contributed by atoms with E-state index in [4.69, 9.17) is 4.18 Å². The van der Waals surface area contributed by atoms with Crippen molar-refractivity contribution in [2.24, 2.45) is 5.41 Å². The van der Waals surface area contributed by atoms with Gasteiger partial charge in [-0.3, -0.25) is 4.79 Å². The third-order valence-corrected chi connectivity index (χ3v) is 5.64. The van der Waals surface area contributed by atoms with Crippen LogP contribution in [0.4, 0.5) is 0 Å². The third-order valence-electron chi connectivity index (χ3n) is 5.02. The molecule has 27 heavy (non-hydrogen) atoms. The van der Waals surface area contributed by atoms with Crippen LogP contribution in [0.1, 0.15) is 71.1 Å². The minimum atomic E-state index is -0.730. The Morgan fingerprint density at radius 3 is 1.67 bits per heavy atom. The number of carbonyl (C=O) groups is 1. The van der Waals surface area contributed by atoms with Crippen molar-refractivity contribution in [3.8, 4) is 5.75 Å². The highest BCUT2D eigenvalue weighted by molar-refractivity contribution is 7.80. The average molecular weight is 431 g/mol. The van der Waals surface area contributed by atoms with E-state index in [9.17, 15) is 9.90 Å². The molecular formula is C21H34O3S3. The molecule has 0 saturated carbocycles. The van der Waals surface area contributed by atoms with Crippen LogP contribution in [0.2, 0.25) is 0 Å². The lowest BCUT2D eigenvalue weighted by atomic mass is 9.73. The van der Waals surface area contributed by atoms with Crippen molar-refractivity contribution in [3.63, 3.8) is 0 Å². The topological polar surface area (TPSA) is 46.5 Å². The fourth-order valence-corrected chi connectivity index (χ4v) is 4.48. The van der Waals surface area contributed by atoms with Gasteiger partial charge in [0.25, 0.3) is 0 Å². The maximum Gasteiger partial charge on any atom is 0.324 e. The summed E-state index contributed by atoms with van der Waals surface area (Å²) in [6.45, 7) is 12.5. The van der Waals surface area contributed by atoms with Crippen LogP contribution < -0.4 is 0 Å². The second kappa shape index (κ2) is 9.36. The van der Waals surface area contributed by atoms with Gasteiger partial charge in [0.2, 0.25) is 0 Å². The van der Waals surface area contributed by atoms with Gasteiger partial charge in [-0.15, -0.1) is 0 Å². The standard InChI is InChI=1S/C21H34O3S3/c1-19(2,3)15-11-14(12-16(17(15)22)20(4,5)6)13-21(7-9-25,8-10-26)18(23)24-27/h11-12,22,25-27H,7-10,13H2,1-6H3. The quantitative estimate of drug-likeness (QED) is 0.339. The van der Waals surface area contributed by atoms with Crippen molar-refractivity contribution < 1.29 is 14.1 Å². The second-order valence-electron chi connectivity index (χ2n) is 9.32. The number of aromatic hydroxyl groups is 1. The summed E-state index contributed by atoms with van der Waals surface area (Å²) in [6.07, 6.45) is 1.65. The van der Waals surface area contributed by atoms with Crippen molar-refractivity contribution in [1.82, 2.24) is 0 Å². The molecule has 1 aromatic carbocycles. The Bertz CT molecular complexity index is 617. The van der Waals surface area contributed by atoms with Gasteiger partial charge in [-0.05, 0) is 58.3 Å². The lowest BCUT2D eigenvalue weighted by Gasteiger charge is -2.32. The first kappa shape index (κ1) is 24.6. The van der Waals surface area contributed by atoms with Gasteiger partial charge in [-0.2, -0.15) is 25.3 Å². The molecule has 0 aromatic heterocycles. The molecule has 154 valence electrons. The van der Waals surface area contributed by atoms with Crippen molar-refractivity contribution in [2.45, 2.75) is 71.6 Å². The van der Waals surface area contributed by atoms with Crippen LogP contribution in [0.15, 0.2) is 12.1 Å². The van der Waals surface area contributed by atoms with E-state index >= 15 is 0 Å². The Morgan fingerprint density at radius 2 is 1.37 bits per heavy atom. The fraction of sp³-hybridized carbons (Fsp3) is 0.667. The van der Waals surface area contributed by atoms with Crippen LogP contribution in [0.25, 0.3) is 0 Å². The van der Waals surface area contributed by atoms with Crippen LogP contribution in [0.5, 0.6) is 5.75 Å². The number of benzene rings is 1. The smallest absolute Gasteiger partial charge is 0.324 e. The molecule has 3 nitrogen and oxygen atoms in total. The molecule has 0 fully saturated rings. The van der Waals surface area contributed by atoms with E-state index in [2.05, 4.69) is 79.7 Å². The molecule has 0 amide bonds. The van der Waals surface area contributed by atoms with Gasteiger partial charge in [-0.25, -0.2) is 0 Å². The molecule has 0 aliphatic rings. The molecule has 0 aliphatic heterocycles. The summed E-state index contributed by atoms with van der Waals surface area (Å²) >= 11 is 12.5. The lowest BCUT2D eigenvalue weighted by molar-refractivity contribution is -0.144. The summed E-state index contributed by atoms with van der Waals surface area (Å²) in [7, 11) is 0. The van der Waals surface area contributed by atoms with Crippen molar-refractivity contribution in [1.29, 1.82) is 0 Å².